The molecule has 144 valence electrons. The van der Waals surface area contributed by atoms with E-state index in [4.69, 9.17) is 0 Å². The highest BCUT2D eigenvalue weighted by Gasteiger charge is 2.13. The lowest BCUT2D eigenvalue weighted by molar-refractivity contribution is -0.123. The van der Waals surface area contributed by atoms with Crippen LogP contribution in [0.3, 0.4) is 0 Å². The van der Waals surface area contributed by atoms with Crippen LogP contribution in [0.5, 0.6) is 0 Å². The van der Waals surface area contributed by atoms with E-state index >= 15 is 0 Å². The minimum Gasteiger partial charge on any atom is -0.351 e. The van der Waals surface area contributed by atoms with Crippen molar-refractivity contribution in [1.29, 1.82) is 0 Å². The van der Waals surface area contributed by atoms with Gasteiger partial charge in [-0.15, -0.1) is 0 Å². The van der Waals surface area contributed by atoms with Crippen LogP contribution in [0.25, 0.3) is 0 Å². The van der Waals surface area contributed by atoms with E-state index in [1.54, 1.807) is 11.9 Å². The van der Waals surface area contributed by atoms with Gasteiger partial charge < -0.3 is 10.6 Å². The molecule has 5 nitrogen and oxygen atoms in total. The van der Waals surface area contributed by atoms with Crippen LogP contribution in [0.15, 0.2) is 36.4 Å². The second kappa shape index (κ2) is 9.33. The van der Waals surface area contributed by atoms with E-state index in [9.17, 15) is 9.59 Å². The number of rotatable bonds is 7. The summed E-state index contributed by atoms with van der Waals surface area (Å²) in [5, 5.41) is 5.85. The van der Waals surface area contributed by atoms with Gasteiger partial charge in [0.2, 0.25) is 11.8 Å². The zero-order valence-corrected chi connectivity index (χ0v) is 16.8. The first-order valence-electron chi connectivity index (χ1n) is 9.13. The molecule has 2 rings (SSSR count). The Bertz CT molecular complexity index is 790. The number of hydrogen-bond donors (Lipinski definition) is 2. The summed E-state index contributed by atoms with van der Waals surface area (Å²) < 4.78 is 0. The molecular formula is C22H29N3O2. The van der Waals surface area contributed by atoms with Crippen LogP contribution in [0.1, 0.15) is 27.8 Å². The van der Waals surface area contributed by atoms with Crippen molar-refractivity contribution in [2.24, 2.45) is 0 Å². The van der Waals surface area contributed by atoms with Gasteiger partial charge in [0.25, 0.3) is 0 Å². The lowest BCUT2D eigenvalue weighted by atomic mass is 10.1. The average molecular weight is 367 g/mol. The van der Waals surface area contributed by atoms with Crippen molar-refractivity contribution in [2.45, 2.75) is 34.2 Å². The lowest BCUT2D eigenvalue weighted by Crippen LogP contribution is -2.38. The summed E-state index contributed by atoms with van der Waals surface area (Å²) in [7, 11) is 1.76. The summed E-state index contributed by atoms with van der Waals surface area (Å²) >= 11 is 0. The molecule has 2 aromatic rings. The molecule has 2 amide bonds. The van der Waals surface area contributed by atoms with E-state index < -0.39 is 0 Å². The second-order valence-electron chi connectivity index (χ2n) is 7.26. The first-order valence-corrected chi connectivity index (χ1v) is 9.13. The van der Waals surface area contributed by atoms with Crippen molar-refractivity contribution in [3.05, 3.63) is 64.2 Å². The Morgan fingerprint density at radius 3 is 2.00 bits per heavy atom. The SMILES string of the molecule is Cc1ccc(CNC(=O)CN(C)CC(=O)Nc2c(C)cc(C)cc2C)cc1. The fourth-order valence-corrected chi connectivity index (χ4v) is 3.06. The van der Waals surface area contributed by atoms with Crippen LogP contribution in [0.2, 0.25) is 0 Å². The minimum atomic E-state index is -0.126. The molecule has 27 heavy (non-hydrogen) atoms. The number of nitrogens with one attached hydrogen (secondary N) is 2. The monoisotopic (exact) mass is 367 g/mol. The molecule has 0 aliphatic carbocycles. The Hall–Kier alpha value is -2.66. The van der Waals surface area contributed by atoms with Crippen molar-refractivity contribution in [3.63, 3.8) is 0 Å². The molecule has 0 saturated heterocycles. The number of aryl methyl sites for hydroxylation is 4. The topological polar surface area (TPSA) is 61.4 Å². The van der Waals surface area contributed by atoms with Crippen molar-refractivity contribution >= 4 is 17.5 Å². The molecule has 0 aromatic heterocycles. The van der Waals surface area contributed by atoms with E-state index in [2.05, 4.69) is 10.6 Å². The zero-order valence-electron chi connectivity index (χ0n) is 16.8. The molecule has 2 N–H and O–H groups in total. The highest BCUT2D eigenvalue weighted by Crippen LogP contribution is 2.21. The Morgan fingerprint density at radius 1 is 0.852 bits per heavy atom. The molecule has 0 aliphatic rings. The first-order chi connectivity index (χ1) is 12.7. The van der Waals surface area contributed by atoms with Gasteiger partial charge in [-0.3, -0.25) is 14.5 Å². The fourth-order valence-electron chi connectivity index (χ4n) is 3.06. The summed E-state index contributed by atoms with van der Waals surface area (Å²) in [4.78, 5) is 26.1. The summed E-state index contributed by atoms with van der Waals surface area (Å²) in [6, 6.07) is 12.1. The Morgan fingerprint density at radius 2 is 1.41 bits per heavy atom. The predicted octanol–water partition coefficient (Wildman–Crippen LogP) is 3.11. The normalized spacial score (nSPS) is 10.7. The molecule has 0 saturated carbocycles. The number of nitrogens with zero attached hydrogens (tertiary/aromatic N) is 1. The van der Waals surface area contributed by atoms with Gasteiger partial charge in [-0.2, -0.15) is 0 Å². The Balaban J connectivity index is 1.80. The van der Waals surface area contributed by atoms with E-state index in [1.807, 2.05) is 64.1 Å². The van der Waals surface area contributed by atoms with Gasteiger partial charge in [0.15, 0.2) is 0 Å². The highest BCUT2D eigenvalue weighted by molar-refractivity contribution is 5.94. The Labute approximate surface area is 161 Å². The smallest absolute Gasteiger partial charge is 0.238 e. The van der Waals surface area contributed by atoms with Crippen molar-refractivity contribution in [1.82, 2.24) is 10.2 Å². The van der Waals surface area contributed by atoms with Crippen molar-refractivity contribution in [2.75, 3.05) is 25.5 Å². The summed E-state index contributed by atoms with van der Waals surface area (Å²) in [6.07, 6.45) is 0. The van der Waals surface area contributed by atoms with Crippen molar-refractivity contribution < 1.29 is 9.59 Å². The minimum absolute atomic E-state index is 0.103. The third kappa shape index (κ3) is 6.53. The van der Waals surface area contributed by atoms with Gasteiger partial charge in [0.05, 0.1) is 13.1 Å². The quantitative estimate of drug-likeness (QED) is 0.790. The third-order valence-electron chi connectivity index (χ3n) is 4.38. The van der Waals surface area contributed by atoms with Crippen LogP contribution < -0.4 is 10.6 Å². The standard InChI is InChI=1S/C22H29N3O2/c1-15-6-8-19(9-7-15)12-23-20(26)13-25(5)14-21(27)24-22-17(3)10-16(2)11-18(22)4/h6-11H,12-14H2,1-5H3,(H,23,26)(H,24,27). The number of hydrogen-bond acceptors (Lipinski definition) is 3. The number of benzene rings is 2. The molecular weight excluding hydrogens is 338 g/mol. The molecule has 0 radical (unpaired) electrons. The molecule has 0 fully saturated rings. The summed E-state index contributed by atoms with van der Waals surface area (Å²) in [5.41, 5.74) is 6.35. The van der Waals surface area contributed by atoms with E-state index in [-0.39, 0.29) is 24.9 Å². The first kappa shape index (κ1) is 20.6. The fraction of sp³-hybridized carbons (Fsp3) is 0.364. The molecule has 0 unspecified atom stereocenters. The van der Waals surface area contributed by atoms with Crippen LogP contribution in [0, 0.1) is 27.7 Å². The number of likely N-dealkylation sites (N-methyl/N-ethyl adjacent to an activating group) is 1. The number of amides is 2. The molecule has 0 heterocycles. The third-order valence-corrected chi connectivity index (χ3v) is 4.38. The highest BCUT2D eigenvalue weighted by atomic mass is 16.2. The molecule has 0 aliphatic heterocycles. The van der Waals surface area contributed by atoms with Crippen LogP contribution >= 0.6 is 0 Å². The maximum Gasteiger partial charge on any atom is 0.238 e. The van der Waals surface area contributed by atoms with E-state index in [0.29, 0.717) is 6.54 Å². The van der Waals surface area contributed by atoms with E-state index in [1.165, 1.54) is 11.1 Å². The lowest BCUT2D eigenvalue weighted by Gasteiger charge is -2.18. The zero-order chi connectivity index (χ0) is 20.0. The van der Waals surface area contributed by atoms with Gasteiger partial charge in [-0.05, 0) is 51.4 Å². The predicted molar refractivity (Wildman–Crippen MR) is 110 cm³/mol. The maximum atomic E-state index is 12.3. The summed E-state index contributed by atoms with van der Waals surface area (Å²) in [6.45, 7) is 8.85. The van der Waals surface area contributed by atoms with Crippen molar-refractivity contribution in [3.8, 4) is 0 Å². The number of carbonyl (C=O) groups is 2. The maximum absolute atomic E-state index is 12.3. The number of carbonyl (C=O) groups excluding carboxylic acids is 2. The molecule has 0 bridgehead atoms. The Kier molecular flexibility index (Phi) is 7.13. The molecule has 2 aromatic carbocycles. The largest absolute Gasteiger partial charge is 0.351 e. The van der Waals surface area contributed by atoms with Crippen LogP contribution in [-0.2, 0) is 16.1 Å². The number of anilines is 1. The molecule has 0 atom stereocenters. The average Bonchev–Trinajstić information content (AvgIpc) is 2.57. The van der Waals surface area contributed by atoms with Gasteiger partial charge in [-0.1, -0.05) is 47.5 Å². The van der Waals surface area contributed by atoms with Crippen LogP contribution in [0.4, 0.5) is 5.69 Å². The van der Waals surface area contributed by atoms with Gasteiger partial charge in [0, 0.05) is 12.2 Å². The van der Waals surface area contributed by atoms with Gasteiger partial charge in [0.1, 0.15) is 0 Å². The molecule has 0 spiro atoms. The van der Waals surface area contributed by atoms with Gasteiger partial charge >= 0.3 is 0 Å². The van der Waals surface area contributed by atoms with Gasteiger partial charge in [-0.25, -0.2) is 0 Å². The summed E-state index contributed by atoms with van der Waals surface area (Å²) in [5.74, 6) is -0.229. The van der Waals surface area contributed by atoms with Crippen LogP contribution in [-0.4, -0.2) is 36.9 Å². The van der Waals surface area contributed by atoms with E-state index in [0.717, 1.165) is 22.4 Å². The second-order valence-corrected chi connectivity index (χ2v) is 7.26. The molecule has 5 heteroatoms.